The lowest BCUT2D eigenvalue weighted by atomic mass is 9.89. The number of halogens is 1. The molecule has 0 bridgehead atoms. The number of rotatable bonds is 7. The molecule has 0 aliphatic carbocycles. The molecule has 1 aliphatic heterocycles. The number of hydrogen-bond donors (Lipinski definition) is 1. The number of amides is 2. The highest BCUT2D eigenvalue weighted by atomic mass is 35.5. The zero-order valence-electron chi connectivity index (χ0n) is 19.2. The van der Waals surface area contributed by atoms with E-state index in [1.165, 1.54) is 24.0 Å². The SMILES string of the molecule is CCOC(=O)c1cncc(C(=O)N[C@@H](C(=O)N2CCC(c3ccc(Cl)cc3)CC2)C(C)C)c1. The topological polar surface area (TPSA) is 88.6 Å². The van der Waals surface area contributed by atoms with Crippen molar-refractivity contribution in [3.8, 4) is 0 Å². The molecular weight excluding hydrogens is 442 g/mol. The molecule has 7 nitrogen and oxygen atoms in total. The molecule has 0 radical (unpaired) electrons. The van der Waals surface area contributed by atoms with Crippen LogP contribution < -0.4 is 5.32 Å². The van der Waals surface area contributed by atoms with Crippen LogP contribution >= 0.6 is 11.6 Å². The van der Waals surface area contributed by atoms with Gasteiger partial charge in [0, 0.05) is 30.5 Å². The largest absolute Gasteiger partial charge is 0.462 e. The van der Waals surface area contributed by atoms with Gasteiger partial charge in [0.05, 0.1) is 17.7 Å². The first kappa shape index (κ1) is 24.7. The Morgan fingerprint density at radius 3 is 2.36 bits per heavy atom. The zero-order chi connectivity index (χ0) is 24.0. The molecule has 8 heteroatoms. The average Bonchev–Trinajstić information content (AvgIpc) is 2.82. The summed E-state index contributed by atoms with van der Waals surface area (Å²) in [5.74, 6) is -0.800. The van der Waals surface area contributed by atoms with Gasteiger partial charge in [-0.05, 0) is 55.4 Å². The van der Waals surface area contributed by atoms with E-state index in [-0.39, 0.29) is 29.6 Å². The van der Waals surface area contributed by atoms with Gasteiger partial charge in [-0.3, -0.25) is 14.6 Å². The number of likely N-dealkylation sites (tertiary alicyclic amines) is 1. The van der Waals surface area contributed by atoms with Crippen LogP contribution in [0, 0.1) is 5.92 Å². The molecule has 1 atom stereocenters. The van der Waals surface area contributed by atoms with Crippen molar-refractivity contribution in [2.24, 2.45) is 5.92 Å². The summed E-state index contributed by atoms with van der Waals surface area (Å²) in [6, 6.07) is 8.63. The van der Waals surface area contributed by atoms with Crippen LogP contribution in [0.3, 0.4) is 0 Å². The third-order valence-electron chi connectivity index (χ3n) is 5.88. The summed E-state index contributed by atoms with van der Waals surface area (Å²) < 4.78 is 4.97. The summed E-state index contributed by atoms with van der Waals surface area (Å²) in [6.45, 7) is 7.00. The van der Waals surface area contributed by atoms with Crippen molar-refractivity contribution in [2.45, 2.75) is 45.6 Å². The van der Waals surface area contributed by atoms with Gasteiger partial charge in [0.25, 0.3) is 5.91 Å². The summed E-state index contributed by atoms with van der Waals surface area (Å²) in [4.78, 5) is 43.9. The molecule has 33 heavy (non-hydrogen) atoms. The van der Waals surface area contributed by atoms with Crippen molar-refractivity contribution in [3.63, 3.8) is 0 Å². The van der Waals surface area contributed by atoms with E-state index >= 15 is 0 Å². The highest BCUT2D eigenvalue weighted by Crippen LogP contribution is 2.29. The molecule has 3 rings (SSSR count). The molecule has 1 aliphatic rings. The van der Waals surface area contributed by atoms with Gasteiger partial charge in [0.15, 0.2) is 0 Å². The molecule has 0 saturated carbocycles. The molecular formula is C25H30ClN3O4. The van der Waals surface area contributed by atoms with E-state index in [1.807, 2.05) is 43.0 Å². The number of benzene rings is 1. The number of ether oxygens (including phenoxy) is 1. The Labute approximate surface area is 199 Å². The first-order valence-electron chi connectivity index (χ1n) is 11.3. The van der Waals surface area contributed by atoms with Crippen molar-refractivity contribution < 1.29 is 19.1 Å². The number of piperidine rings is 1. The Morgan fingerprint density at radius 1 is 1.12 bits per heavy atom. The van der Waals surface area contributed by atoms with Gasteiger partial charge in [-0.2, -0.15) is 0 Å². The summed E-state index contributed by atoms with van der Waals surface area (Å²) >= 11 is 5.99. The molecule has 2 aromatic rings. The second-order valence-electron chi connectivity index (χ2n) is 8.53. The minimum absolute atomic E-state index is 0.0950. The lowest BCUT2D eigenvalue weighted by Crippen LogP contribution is -2.52. The Bertz CT molecular complexity index is 985. The van der Waals surface area contributed by atoms with Gasteiger partial charge >= 0.3 is 5.97 Å². The molecule has 1 aromatic carbocycles. The lowest BCUT2D eigenvalue weighted by Gasteiger charge is -2.35. The van der Waals surface area contributed by atoms with E-state index in [4.69, 9.17) is 16.3 Å². The quantitative estimate of drug-likeness (QED) is 0.615. The molecule has 1 N–H and O–H groups in total. The Hall–Kier alpha value is -2.93. The van der Waals surface area contributed by atoms with Gasteiger partial charge in [-0.25, -0.2) is 4.79 Å². The molecule has 176 valence electrons. The third-order valence-corrected chi connectivity index (χ3v) is 6.13. The molecule has 1 fully saturated rings. The molecule has 0 unspecified atom stereocenters. The van der Waals surface area contributed by atoms with Crippen molar-refractivity contribution in [2.75, 3.05) is 19.7 Å². The van der Waals surface area contributed by atoms with Crippen molar-refractivity contribution in [3.05, 3.63) is 64.4 Å². The highest BCUT2D eigenvalue weighted by Gasteiger charge is 2.32. The smallest absolute Gasteiger partial charge is 0.339 e. The van der Waals surface area contributed by atoms with E-state index in [0.29, 0.717) is 24.0 Å². The first-order valence-corrected chi connectivity index (χ1v) is 11.6. The second-order valence-corrected chi connectivity index (χ2v) is 8.97. The van der Waals surface area contributed by atoms with Crippen LogP contribution in [-0.4, -0.2) is 53.4 Å². The van der Waals surface area contributed by atoms with Crippen LogP contribution in [0.5, 0.6) is 0 Å². The van der Waals surface area contributed by atoms with E-state index in [1.54, 1.807) is 6.92 Å². The molecule has 2 heterocycles. The van der Waals surface area contributed by atoms with Gasteiger partial charge < -0.3 is 15.0 Å². The second kappa shape index (κ2) is 11.3. The minimum Gasteiger partial charge on any atom is -0.462 e. The summed E-state index contributed by atoms with van der Waals surface area (Å²) in [5.41, 5.74) is 1.64. The van der Waals surface area contributed by atoms with Crippen LogP contribution in [0.2, 0.25) is 5.02 Å². The zero-order valence-corrected chi connectivity index (χ0v) is 20.0. The molecule has 1 aromatic heterocycles. The minimum atomic E-state index is -0.671. The third kappa shape index (κ3) is 6.32. The monoisotopic (exact) mass is 471 g/mol. The highest BCUT2D eigenvalue weighted by molar-refractivity contribution is 6.30. The maximum atomic E-state index is 13.3. The van der Waals surface area contributed by atoms with Gasteiger partial charge in [0.1, 0.15) is 6.04 Å². The fourth-order valence-electron chi connectivity index (χ4n) is 3.99. The van der Waals surface area contributed by atoms with Crippen LogP contribution in [0.25, 0.3) is 0 Å². The number of carbonyl (C=O) groups is 3. The standard InChI is InChI=1S/C25H30ClN3O4/c1-4-33-25(32)20-13-19(14-27-15-20)23(30)28-22(16(2)3)24(31)29-11-9-18(10-12-29)17-5-7-21(26)8-6-17/h5-8,13-16,18,22H,4,9-12H2,1-3H3,(H,28,30)/t22-/m1/s1. The van der Waals surface area contributed by atoms with Crippen molar-refractivity contribution in [1.82, 2.24) is 15.2 Å². The maximum Gasteiger partial charge on any atom is 0.339 e. The predicted octanol–water partition coefficient (Wildman–Crippen LogP) is 4.07. The summed E-state index contributed by atoms with van der Waals surface area (Å²) in [6.07, 6.45) is 4.44. The van der Waals surface area contributed by atoms with Crippen LogP contribution in [0.1, 0.15) is 65.8 Å². The van der Waals surface area contributed by atoms with E-state index < -0.39 is 17.9 Å². The van der Waals surface area contributed by atoms with E-state index in [0.717, 1.165) is 12.8 Å². The molecule has 2 amide bonds. The number of esters is 1. The average molecular weight is 472 g/mol. The Balaban J connectivity index is 1.64. The molecule has 1 saturated heterocycles. The number of nitrogens with zero attached hydrogens (tertiary/aromatic N) is 2. The summed E-state index contributed by atoms with van der Waals surface area (Å²) in [7, 11) is 0. The number of aromatic nitrogens is 1. The number of nitrogens with one attached hydrogen (secondary N) is 1. The maximum absolute atomic E-state index is 13.3. The van der Waals surface area contributed by atoms with Crippen molar-refractivity contribution in [1.29, 1.82) is 0 Å². The Morgan fingerprint density at radius 2 is 1.76 bits per heavy atom. The molecule has 0 spiro atoms. The predicted molar refractivity (Wildman–Crippen MR) is 126 cm³/mol. The van der Waals surface area contributed by atoms with Gasteiger partial charge in [-0.1, -0.05) is 37.6 Å². The van der Waals surface area contributed by atoms with Crippen molar-refractivity contribution >= 4 is 29.4 Å². The fourth-order valence-corrected chi connectivity index (χ4v) is 4.12. The summed E-state index contributed by atoms with van der Waals surface area (Å²) in [5, 5.41) is 3.55. The first-order chi connectivity index (χ1) is 15.8. The normalized spacial score (nSPS) is 15.2. The van der Waals surface area contributed by atoms with E-state index in [2.05, 4.69) is 10.3 Å². The number of hydrogen-bond acceptors (Lipinski definition) is 5. The fraction of sp³-hybridized carbons (Fsp3) is 0.440. The van der Waals surface area contributed by atoms with Crippen LogP contribution in [0.15, 0.2) is 42.7 Å². The van der Waals surface area contributed by atoms with Crippen LogP contribution in [0.4, 0.5) is 0 Å². The number of pyridine rings is 1. The van der Waals surface area contributed by atoms with Crippen LogP contribution in [-0.2, 0) is 9.53 Å². The van der Waals surface area contributed by atoms with Gasteiger partial charge in [0.2, 0.25) is 5.91 Å². The van der Waals surface area contributed by atoms with E-state index in [9.17, 15) is 14.4 Å². The van der Waals surface area contributed by atoms with Gasteiger partial charge in [-0.15, -0.1) is 0 Å². The lowest BCUT2D eigenvalue weighted by molar-refractivity contribution is -0.135. The Kier molecular flexibility index (Phi) is 8.44. The number of carbonyl (C=O) groups excluding carboxylic acids is 3.